The van der Waals surface area contributed by atoms with Crippen molar-refractivity contribution in [1.82, 2.24) is 0 Å². The molecule has 1 heterocycles. The van der Waals surface area contributed by atoms with Gasteiger partial charge < -0.3 is 10.2 Å². The van der Waals surface area contributed by atoms with Gasteiger partial charge in [0, 0.05) is 9.75 Å². The van der Waals surface area contributed by atoms with E-state index in [1.165, 1.54) is 11.3 Å². The first-order valence-corrected chi connectivity index (χ1v) is 4.39. The summed E-state index contributed by atoms with van der Waals surface area (Å²) in [6.07, 6.45) is -0.463. The Labute approximate surface area is 74.3 Å². The molecule has 0 aliphatic rings. The molecule has 0 aliphatic carbocycles. The Morgan fingerprint density at radius 2 is 2.33 bits per heavy atom. The summed E-state index contributed by atoms with van der Waals surface area (Å²) >= 11 is 1.34. The minimum Gasteiger partial charge on any atom is -0.481 e. The van der Waals surface area contributed by atoms with Crippen LogP contribution in [-0.2, 0) is 11.2 Å². The van der Waals surface area contributed by atoms with Crippen LogP contribution in [0.2, 0.25) is 0 Å². The minimum atomic E-state index is -0.839. The van der Waals surface area contributed by atoms with E-state index in [1.807, 2.05) is 0 Å². The van der Waals surface area contributed by atoms with Gasteiger partial charge in [0.1, 0.15) is 0 Å². The lowest BCUT2D eigenvalue weighted by Gasteiger charge is -1.96. The fourth-order valence-electron chi connectivity index (χ4n) is 0.863. The number of aliphatic carboxylic acids is 1. The third-order valence-corrected chi connectivity index (χ3v) is 2.68. The van der Waals surface area contributed by atoms with Crippen LogP contribution < -0.4 is 0 Å². The van der Waals surface area contributed by atoms with Crippen molar-refractivity contribution in [1.29, 1.82) is 0 Å². The Morgan fingerprint density at radius 1 is 1.67 bits per heavy atom. The van der Waals surface area contributed by atoms with E-state index in [9.17, 15) is 4.79 Å². The van der Waals surface area contributed by atoms with Crippen molar-refractivity contribution in [3.63, 3.8) is 0 Å². The van der Waals surface area contributed by atoms with E-state index in [0.717, 1.165) is 9.75 Å². The molecule has 0 amide bonds. The Bertz CT molecular complexity index is 278. The first-order chi connectivity index (χ1) is 5.59. The number of carboxylic acids is 1. The fraction of sp³-hybridized carbons (Fsp3) is 0.375. The van der Waals surface area contributed by atoms with Crippen molar-refractivity contribution in [3.05, 3.63) is 21.9 Å². The standard InChI is InChI=1S/C8H10O3S/c1-5(9)7-3-2-6(12-7)4-8(10)11/h2-3,5,9H,4H2,1H3,(H,10,11). The summed E-state index contributed by atoms with van der Waals surface area (Å²) in [6.45, 7) is 1.66. The van der Waals surface area contributed by atoms with E-state index in [2.05, 4.69) is 0 Å². The van der Waals surface area contributed by atoms with Gasteiger partial charge >= 0.3 is 5.97 Å². The van der Waals surface area contributed by atoms with Gasteiger partial charge in [-0.05, 0) is 19.1 Å². The van der Waals surface area contributed by atoms with Gasteiger partial charge in [-0.2, -0.15) is 0 Å². The maximum atomic E-state index is 10.3. The number of thiophene rings is 1. The summed E-state index contributed by atoms with van der Waals surface area (Å²) in [4.78, 5) is 11.9. The maximum absolute atomic E-state index is 10.3. The highest BCUT2D eigenvalue weighted by molar-refractivity contribution is 7.12. The summed E-state index contributed by atoms with van der Waals surface area (Å²) < 4.78 is 0. The monoisotopic (exact) mass is 186 g/mol. The van der Waals surface area contributed by atoms with Gasteiger partial charge in [0.2, 0.25) is 0 Å². The molecule has 0 radical (unpaired) electrons. The van der Waals surface area contributed by atoms with Crippen LogP contribution in [0, 0.1) is 0 Å². The van der Waals surface area contributed by atoms with Gasteiger partial charge in [-0.1, -0.05) is 0 Å². The number of hydrogen-bond acceptors (Lipinski definition) is 3. The lowest BCUT2D eigenvalue weighted by atomic mass is 10.3. The molecule has 0 spiro atoms. The van der Waals surface area contributed by atoms with E-state index >= 15 is 0 Å². The molecule has 12 heavy (non-hydrogen) atoms. The molecule has 1 aromatic rings. The van der Waals surface area contributed by atoms with Gasteiger partial charge in [-0.3, -0.25) is 4.79 Å². The lowest BCUT2D eigenvalue weighted by Crippen LogP contribution is -1.97. The van der Waals surface area contributed by atoms with Crippen molar-refractivity contribution in [2.24, 2.45) is 0 Å². The molecule has 0 aliphatic heterocycles. The number of aliphatic hydroxyl groups excluding tert-OH is 1. The summed E-state index contributed by atoms with van der Waals surface area (Å²) in [5, 5.41) is 17.6. The van der Waals surface area contributed by atoms with E-state index < -0.39 is 12.1 Å². The van der Waals surface area contributed by atoms with Gasteiger partial charge in [-0.15, -0.1) is 11.3 Å². The smallest absolute Gasteiger partial charge is 0.308 e. The minimum absolute atomic E-state index is 0.0391. The highest BCUT2D eigenvalue weighted by atomic mass is 32.1. The van der Waals surface area contributed by atoms with Gasteiger partial charge in [0.05, 0.1) is 12.5 Å². The summed E-state index contributed by atoms with van der Waals surface area (Å²) in [7, 11) is 0. The molecule has 2 N–H and O–H groups in total. The van der Waals surface area contributed by atoms with Crippen molar-refractivity contribution >= 4 is 17.3 Å². The SMILES string of the molecule is CC(O)c1ccc(CC(=O)O)s1. The molecule has 66 valence electrons. The van der Waals surface area contributed by atoms with Crippen molar-refractivity contribution in [3.8, 4) is 0 Å². The first-order valence-electron chi connectivity index (χ1n) is 3.58. The third-order valence-electron chi connectivity index (χ3n) is 1.42. The molecule has 1 aromatic heterocycles. The second-order valence-corrected chi connectivity index (χ2v) is 3.75. The number of carboxylic acid groups (broad SMARTS) is 1. The van der Waals surface area contributed by atoms with Crippen LogP contribution in [0.15, 0.2) is 12.1 Å². The topological polar surface area (TPSA) is 57.5 Å². The second kappa shape index (κ2) is 3.69. The molecule has 1 rings (SSSR count). The van der Waals surface area contributed by atoms with E-state index in [-0.39, 0.29) is 6.42 Å². The fourth-order valence-corrected chi connectivity index (χ4v) is 1.80. The average molecular weight is 186 g/mol. The number of carbonyl (C=O) groups is 1. The summed E-state index contributed by atoms with van der Waals surface area (Å²) in [5.74, 6) is -0.839. The van der Waals surface area contributed by atoms with Crippen LogP contribution in [0.5, 0.6) is 0 Å². The zero-order valence-electron chi connectivity index (χ0n) is 6.65. The average Bonchev–Trinajstić information content (AvgIpc) is 2.34. The normalized spacial score (nSPS) is 12.8. The molecule has 4 heteroatoms. The molecule has 0 saturated heterocycles. The van der Waals surface area contributed by atoms with E-state index in [0.29, 0.717) is 0 Å². The molecule has 1 atom stereocenters. The van der Waals surface area contributed by atoms with Gasteiger partial charge in [0.15, 0.2) is 0 Å². The molecule has 0 saturated carbocycles. The van der Waals surface area contributed by atoms with Crippen LogP contribution in [0.4, 0.5) is 0 Å². The lowest BCUT2D eigenvalue weighted by molar-refractivity contribution is -0.136. The van der Waals surface area contributed by atoms with Crippen LogP contribution in [0.3, 0.4) is 0 Å². The molecular formula is C8H10O3S. The molecule has 1 unspecified atom stereocenters. The number of hydrogen-bond donors (Lipinski definition) is 2. The summed E-state index contributed by atoms with van der Waals surface area (Å²) in [6, 6.07) is 3.49. The van der Waals surface area contributed by atoms with Crippen LogP contribution in [-0.4, -0.2) is 16.2 Å². The quantitative estimate of drug-likeness (QED) is 0.750. The van der Waals surface area contributed by atoms with E-state index in [1.54, 1.807) is 19.1 Å². The predicted molar refractivity (Wildman–Crippen MR) is 46.3 cm³/mol. The van der Waals surface area contributed by atoms with Gasteiger partial charge in [0.25, 0.3) is 0 Å². The van der Waals surface area contributed by atoms with Crippen molar-refractivity contribution in [2.75, 3.05) is 0 Å². The molecular weight excluding hydrogens is 176 g/mol. The summed E-state index contributed by atoms with van der Waals surface area (Å²) in [5.41, 5.74) is 0. The third kappa shape index (κ3) is 2.32. The molecule has 0 bridgehead atoms. The zero-order valence-corrected chi connectivity index (χ0v) is 7.47. The predicted octanol–water partition coefficient (Wildman–Crippen LogP) is 1.43. The Morgan fingerprint density at radius 3 is 2.75 bits per heavy atom. The highest BCUT2D eigenvalue weighted by Gasteiger charge is 2.07. The molecule has 0 fully saturated rings. The van der Waals surface area contributed by atoms with Crippen molar-refractivity contribution < 1.29 is 15.0 Å². The Hall–Kier alpha value is -0.870. The molecule has 0 aromatic carbocycles. The van der Waals surface area contributed by atoms with Crippen LogP contribution >= 0.6 is 11.3 Å². The molecule has 3 nitrogen and oxygen atoms in total. The Kier molecular flexibility index (Phi) is 2.83. The van der Waals surface area contributed by atoms with Gasteiger partial charge in [-0.25, -0.2) is 0 Å². The van der Waals surface area contributed by atoms with E-state index in [4.69, 9.17) is 10.2 Å². The second-order valence-electron chi connectivity index (χ2n) is 2.55. The highest BCUT2D eigenvalue weighted by Crippen LogP contribution is 2.22. The number of rotatable bonds is 3. The first kappa shape index (κ1) is 9.22. The Balaban J connectivity index is 2.70. The number of aliphatic hydroxyl groups is 1. The van der Waals surface area contributed by atoms with Crippen LogP contribution in [0.25, 0.3) is 0 Å². The maximum Gasteiger partial charge on any atom is 0.308 e. The van der Waals surface area contributed by atoms with Crippen molar-refractivity contribution in [2.45, 2.75) is 19.4 Å². The largest absolute Gasteiger partial charge is 0.481 e. The van der Waals surface area contributed by atoms with Crippen LogP contribution in [0.1, 0.15) is 22.8 Å². The zero-order chi connectivity index (χ0) is 9.14.